The van der Waals surface area contributed by atoms with Crippen LogP contribution in [-0.4, -0.2) is 41.9 Å². The molecule has 0 aromatic heterocycles. The molecule has 3 aromatic carbocycles. The van der Waals surface area contributed by atoms with E-state index < -0.39 is 0 Å². The van der Waals surface area contributed by atoms with Crippen molar-refractivity contribution in [3.63, 3.8) is 0 Å². The molecule has 2 aliphatic carbocycles. The van der Waals surface area contributed by atoms with E-state index in [2.05, 4.69) is 91.5 Å². The van der Waals surface area contributed by atoms with Gasteiger partial charge in [-0.05, 0) is 99.0 Å². The van der Waals surface area contributed by atoms with Gasteiger partial charge in [-0.1, -0.05) is 72.8 Å². The van der Waals surface area contributed by atoms with Gasteiger partial charge >= 0.3 is 0 Å². The molecule has 1 saturated carbocycles. The van der Waals surface area contributed by atoms with Gasteiger partial charge in [0.15, 0.2) is 0 Å². The lowest BCUT2D eigenvalue weighted by Crippen LogP contribution is -2.60. The third-order valence-corrected chi connectivity index (χ3v) is 9.43. The number of rotatable bonds is 3. The maximum Gasteiger partial charge on any atom is 0.254 e. The smallest absolute Gasteiger partial charge is 0.254 e. The minimum atomic E-state index is -0.222. The molecule has 3 heteroatoms. The Labute approximate surface area is 215 Å². The van der Waals surface area contributed by atoms with Crippen LogP contribution in [0.1, 0.15) is 64.7 Å². The van der Waals surface area contributed by atoms with E-state index in [0.29, 0.717) is 0 Å². The summed E-state index contributed by atoms with van der Waals surface area (Å²) in [6.07, 6.45) is 5.98. The summed E-state index contributed by atoms with van der Waals surface area (Å²) in [6, 6.07) is 28.0. The second kappa shape index (κ2) is 8.74. The van der Waals surface area contributed by atoms with E-state index in [1.165, 1.54) is 27.8 Å². The van der Waals surface area contributed by atoms with Crippen LogP contribution in [-0.2, 0) is 12.0 Å². The third kappa shape index (κ3) is 3.40. The average molecular weight is 477 g/mol. The van der Waals surface area contributed by atoms with E-state index in [9.17, 15) is 4.79 Å². The van der Waals surface area contributed by atoms with Crippen molar-refractivity contribution in [2.45, 2.75) is 56.5 Å². The standard InChI is InChI=1S/C33H36N2O/c1-24-11-7-9-15-27(24)31(36)35-22-17-29-28-16-10-8-12-25(28)23-30(29)33(35)20-18-32(19-21-33,34(2)3)26-13-5-4-6-14-26/h4-16H,17-23H2,1-3H3. The molecule has 6 rings (SSSR count). The molecule has 0 bridgehead atoms. The lowest BCUT2D eigenvalue weighted by atomic mass is 9.63. The normalized spacial score (nSPS) is 25.3. The van der Waals surface area contributed by atoms with Crippen LogP contribution in [0, 0.1) is 6.92 Å². The first-order chi connectivity index (χ1) is 17.5. The zero-order valence-electron chi connectivity index (χ0n) is 21.8. The Morgan fingerprint density at radius 1 is 0.833 bits per heavy atom. The van der Waals surface area contributed by atoms with E-state index in [0.717, 1.165) is 56.2 Å². The molecule has 1 spiro atoms. The highest BCUT2D eigenvalue weighted by molar-refractivity contribution is 5.97. The van der Waals surface area contributed by atoms with Gasteiger partial charge in [-0.25, -0.2) is 0 Å². The molecule has 1 fully saturated rings. The molecule has 0 atom stereocenters. The average Bonchev–Trinajstić information content (AvgIpc) is 3.30. The number of aryl methyl sites for hydroxylation is 1. The molecule has 0 saturated heterocycles. The van der Waals surface area contributed by atoms with Gasteiger partial charge in [0, 0.05) is 17.6 Å². The minimum Gasteiger partial charge on any atom is -0.329 e. The molecule has 1 heterocycles. The Morgan fingerprint density at radius 3 is 2.22 bits per heavy atom. The summed E-state index contributed by atoms with van der Waals surface area (Å²) in [7, 11) is 4.44. The lowest BCUT2D eigenvalue weighted by molar-refractivity contribution is 0.00719. The van der Waals surface area contributed by atoms with Crippen molar-refractivity contribution in [2.24, 2.45) is 0 Å². The highest BCUT2D eigenvalue weighted by atomic mass is 16.2. The molecule has 36 heavy (non-hydrogen) atoms. The largest absolute Gasteiger partial charge is 0.329 e. The Bertz CT molecular complexity index is 1330. The van der Waals surface area contributed by atoms with Gasteiger partial charge in [-0.2, -0.15) is 0 Å². The second-order valence-electron chi connectivity index (χ2n) is 11.1. The topological polar surface area (TPSA) is 23.6 Å². The number of fused-ring (bicyclic) bond motifs is 3. The summed E-state index contributed by atoms with van der Waals surface area (Å²) >= 11 is 0. The molecular weight excluding hydrogens is 440 g/mol. The van der Waals surface area contributed by atoms with E-state index in [-0.39, 0.29) is 17.0 Å². The van der Waals surface area contributed by atoms with Crippen LogP contribution in [0.3, 0.4) is 0 Å². The van der Waals surface area contributed by atoms with Gasteiger partial charge in [-0.3, -0.25) is 9.69 Å². The molecule has 3 nitrogen and oxygen atoms in total. The number of hydrogen-bond acceptors (Lipinski definition) is 2. The Kier molecular flexibility index (Phi) is 5.64. The Balaban J connectivity index is 1.44. The summed E-state index contributed by atoms with van der Waals surface area (Å²) in [6.45, 7) is 2.86. The molecule has 184 valence electrons. The third-order valence-electron chi connectivity index (χ3n) is 9.43. The second-order valence-corrected chi connectivity index (χ2v) is 11.1. The van der Waals surface area contributed by atoms with Crippen LogP contribution in [0.2, 0.25) is 0 Å². The first kappa shape index (κ1) is 23.2. The summed E-state index contributed by atoms with van der Waals surface area (Å²) in [5.41, 5.74) is 8.95. The van der Waals surface area contributed by atoms with Crippen LogP contribution in [0.5, 0.6) is 0 Å². The van der Waals surface area contributed by atoms with Gasteiger partial charge < -0.3 is 4.90 Å². The van der Waals surface area contributed by atoms with Gasteiger partial charge in [0.2, 0.25) is 0 Å². The summed E-state index contributed by atoms with van der Waals surface area (Å²) in [5.74, 6) is 0.202. The van der Waals surface area contributed by atoms with E-state index in [1.54, 1.807) is 0 Å². The zero-order valence-corrected chi connectivity index (χ0v) is 21.8. The number of benzene rings is 3. The van der Waals surface area contributed by atoms with Crippen LogP contribution >= 0.6 is 0 Å². The van der Waals surface area contributed by atoms with Gasteiger partial charge in [0.25, 0.3) is 5.91 Å². The van der Waals surface area contributed by atoms with Gasteiger partial charge in [-0.15, -0.1) is 0 Å². The highest BCUT2D eigenvalue weighted by Crippen LogP contribution is 2.55. The summed E-state index contributed by atoms with van der Waals surface area (Å²) in [5, 5.41) is 0. The predicted molar refractivity (Wildman–Crippen MR) is 147 cm³/mol. The minimum absolute atomic E-state index is 0.00643. The van der Waals surface area contributed by atoms with Crippen LogP contribution in [0.4, 0.5) is 0 Å². The fourth-order valence-corrected chi connectivity index (χ4v) is 7.41. The first-order valence-corrected chi connectivity index (χ1v) is 13.4. The molecule has 0 radical (unpaired) electrons. The molecule has 3 aromatic rings. The Hall–Kier alpha value is -3.17. The fourth-order valence-electron chi connectivity index (χ4n) is 7.41. The summed E-state index contributed by atoms with van der Waals surface area (Å²) in [4.78, 5) is 18.9. The van der Waals surface area contributed by atoms with Crippen molar-refractivity contribution >= 4 is 11.5 Å². The highest BCUT2D eigenvalue weighted by Gasteiger charge is 2.53. The maximum atomic E-state index is 14.2. The molecular formula is C33H36N2O. The predicted octanol–water partition coefficient (Wildman–Crippen LogP) is 6.62. The number of carbonyl (C=O) groups is 1. The van der Waals surface area contributed by atoms with E-state index in [1.807, 2.05) is 18.2 Å². The van der Waals surface area contributed by atoms with Crippen molar-refractivity contribution in [1.29, 1.82) is 0 Å². The summed E-state index contributed by atoms with van der Waals surface area (Å²) < 4.78 is 0. The van der Waals surface area contributed by atoms with Gasteiger partial charge in [0.1, 0.15) is 0 Å². The first-order valence-electron chi connectivity index (χ1n) is 13.4. The van der Waals surface area contributed by atoms with Crippen molar-refractivity contribution < 1.29 is 4.79 Å². The fraction of sp³-hybridized carbons (Fsp3) is 0.364. The zero-order chi connectivity index (χ0) is 24.9. The maximum absolute atomic E-state index is 14.2. The van der Waals surface area contributed by atoms with Crippen LogP contribution in [0.15, 0.2) is 84.4 Å². The lowest BCUT2D eigenvalue weighted by Gasteiger charge is -2.56. The van der Waals surface area contributed by atoms with Crippen LogP contribution < -0.4 is 0 Å². The SMILES string of the molecule is Cc1ccccc1C(=O)N1CCC2=C(Cc3ccccc32)C12CCC(c1ccccc1)(N(C)C)CC2. The number of hydrogen-bond donors (Lipinski definition) is 0. The quantitative estimate of drug-likeness (QED) is 0.424. The van der Waals surface area contributed by atoms with Crippen molar-refractivity contribution in [3.8, 4) is 0 Å². The monoisotopic (exact) mass is 476 g/mol. The van der Waals surface area contributed by atoms with Crippen molar-refractivity contribution in [2.75, 3.05) is 20.6 Å². The van der Waals surface area contributed by atoms with Crippen molar-refractivity contribution in [1.82, 2.24) is 9.80 Å². The molecule has 3 aliphatic rings. The number of amides is 1. The van der Waals surface area contributed by atoms with Crippen molar-refractivity contribution in [3.05, 3.63) is 112 Å². The molecule has 1 amide bonds. The number of nitrogens with zero attached hydrogens (tertiary/aromatic N) is 2. The molecule has 0 unspecified atom stereocenters. The van der Waals surface area contributed by atoms with Crippen LogP contribution in [0.25, 0.3) is 5.57 Å². The molecule has 1 aliphatic heterocycles. The van der Waals surface area contributed by atoms with E-state index in [4.69, 9.17) is 0 Å². The van der Waals surface area contributed by atoms with E-state index >= 15 is 0 Å². The Morgan fingerprint density at radius 2 is 1.50 bits per heavy atom. The van der Waals surface area contributed by atoms with Gasteiger partial charge in [0.05, 0.1) is 5.54 Å². The number of carbonyl (C=O) groups excluding carboxylic acids is 1. The molecule has 0 N–H and O–H groups in total.